The van der Waals surface area contributed by atoms with E-state index >= 15 is 0 Å². The van der Waals surface area contributed by atoms with Crippen LogP contribution < -0.4 is 4.74 Å². The number of methoxy groups -OCH3 is 1. The second-order valence-electron chi connectivity index (χ2n) is 3.83. The molecule has 0 radical (unpaired) electrons. The van der Waals surface area contributed by atoms with Crippen molar-refractivity contribution in [3.05, 3.63) is 41.5 Å². The summed E-state index contributed by atoms with van der Waals surface area (Å²) in [6.07, 6.45) is 0. The molecule has 2 heteroatoms. The molecule has 0 spiro atoms. The van der Waals surface area contributed by atoms with Gasteiger partial charge in [-0.3, -0.25) is 0 Å². The summed E-state index contributed by atoms with van der Waals surface area (Å²) in [6.45, 7) is 1.49. The van der Waals surface area contributed by atoms with E-state index in [4.69, 9.17) is 9.47 Å². The second-order valence-corrected chi connectivity index (χ2v) is 3.83. The van der Waals surface area contributed by atoms with E-state index in [2.05, 4.69) is 24.3 Å². The van der Waals surface area contributed by atoms with Crippen LogP contribution in [0, 0.1) is 0 Å². The van der Waals surface area contributed by atoms with Gasteiger partial charge >= 0.3 is 0 Å². The minimum atomic E-state index is 0.739. The summed E-state index contributed by atoms with van der Waals surface area (Å²) in [5.41, 5.74) is 2.61. The summed E-state index contributed by atoms with van der Waals surface area (Å²) in [7, 11) is 1.69. The van der Waals surface area contributed by atoms with E-state index in [-0.39, 0.29) is 0 Å². The van der Waals surface area contributed by atoms with Gasteiger partial charge in [0.05, 0.1) is 20.3 Å². The van der Waals surface area contributed by atoms with E-state index in [9.17, 15) is 0 Å². The Morgan fingerprint density at radius 2 is 1.73 bits per heavy atom. The molecule has 0 atom stereocenters. The molecule has 0 fully saturated rings. The number of rotatable bonds is 1. The standard InChI is InChI=1S/C13H12O2/c1-14-13-3-2-9-4-11-7-15-8-12(11)5-10(9)6-13/h2-6H,7-8H2,1H3. The van der Waals surface area contributed by atoms with Crippen molar-refractivity contribution in [1.82, 2.24) is 0 Å². The molecular formula is C13H12O2. The lowest BCUT2D eigenvalue weighted by Gasteiger charge is -2.04. The summed E-state index contributed by atoms with van der Waals surface area (Å²) in [5.74, 6) is 0.904. The molecule has 0 saturated carbocycles. The SMILES string of the molecule is COc1ccc2cc3c(cc2c1)COC3. The van der Waals surface area contributed by atoms with Crippen LogP contribution in [0.5, 0.6) is 5.75 Å². The Morgan fingerprint density at radius 1 is 1.00 bits per heavy atom. The summed E-state index contributed by atoms with van der Waals surface area (Å²) < 4.78 is 10.6. The van der Waals surface area contributed by atoms with Crippen molar-refractivity contribution in [2.75, 3.05) is 7.11 Å². The zero-order chi connectivity index (χ0) is 10.3. The van der Waals surface area contributed by atoms with Crippen LogP contribution in [0.1, 0.15) is 11.1 Å². The molecular weight excluding hydrogens is 188 g/mol. The predicted octanol–water partition coefficient (Wildman–Crippen LogP) is 2.88. The first-order valence-electron chi connectivity index (χ1n) is 5.04. The van der Waals surface area contributed by atoms with Crippen LogP contribution in [0.2, 0.25) is 0 Å². The third-order valence-corrected chi connectivity index (χ3v) is 2.88. The Kier molecular flexibility index (Phi) is 1.89. The van der Waals surface area contributed by atoms with E-state index < -0.39 is 0 Å². The number of ether oxygens (including phenoxy) is 2. The van der Waals surface area contributed by atoms with Gasteiger partial charge in [0.1, 0.15) is 5.75 Å². The Hall–Kier alpha value is -1.54. The Morgan fingerprint density at radius 3 is 2.47 bits per heavy atom. The maximum Gasteiger partial charge on any atom is 0.119 e. The van der Waals surface area contributed by atoms with E-state index in [1.165, 1.54) is 21.9 Å². The molecule has 15 heavy (non-hydrogen) atoms. The quantitative estimate of drug-likeness (QED) is 0.704. The zero-order valence-electron chi connectivity index (χ0n) is 8.62. The molecule has 2 aromatic rings. The van der Waals surface area contributed by atoms with Crippen LogP contribution in [0.15, 0.2) is 30.3 Å². The molecule has 2 nitrogen and oxygen atoms in total. The average Bonchev–Trinajstić information content (AvgIpc) is 2.72. The van der Waals surface area contributed by atoms with Crippen molar-refractivity contribution in [1.29, 1.82) is 0 Å². The largest absolute Gasteiger partial charge is 0.497 e. The van der Waals surface area contributed by atoms with Gasteiger partial charge in [-0.05, 0) is 46.2 Å². The van der Waals surface area contributed by atoms with Crippen molar-refractivity contribution in [2.45, 2.75) is 13.2 Å². The number of hydrogen-bond acceptors (Lipinski definition) is 2. The molecule has 0 aromatic heterocycles. The van der Waals surface area contributed by atoms with Gasteiger partial charge in [-0.1, -0.05) is 6.07 Å². The normalized spacial score (nSPS) is 14.2. The van der Waals surface area contributed by atoms with Crippen molar-refractivity contribution in [3.63, 3.8) is 0 Å². The summed E-state index contributed by atoms with van der Waals surface area (Å²) in [5, 5.41) is 2.47. The van der Waals surface area contributed by atoms with Gasteiger partial charge in [-0.2, -0.15) is 0 Å². The lowest BCUT2D eigenvalue weighted by atomic mass is 10.0. The maximum atomic E-state index is 5.41. The van der Waals surface area contributed by atoms with Crippen LogP contribution in [0.3, 0.4) is 0 Å². The fraction of sp³-hybridized carbons (Fsp3) is 0.231. The van der Waals surface area contributed by atoms with Crippen LogP contribution in [-0.4, -0.2) is 7.11 Å². The van der Waals surface area contributed by atoms with Crippen molar-refractivity contribution in [2.24, 2.45) is 0 Å². The first-order chi connectivity index (χ1) is 7.36. The van der Waals surface area contributed by atoms with E-state index in [0.29, 0.717) is 0 Å². The topological polar surface area (TPSA) is 18.5 Å². The fourth-order valence-electron chi connectivity index (χ4n) is 2.04. The Labute approximate surface area is 88.4 Å². The molecule has 76 valence electrons. The van der Waals surface area contributed by atoms with E-state index in [1.807, 2.05) is 6.07 Å². The maximum absolute atomic E-state index is 5.41. The first kappa shape index (κ1) is 8.74. The molecule has 0 bridgehead atoms. The molecule has 0 N–H and O–H groups in total. The lowest BCUT2D eigenvalue weighted by molar-refractivity contribution is 0.134. The molecule has 1 aliphatic rings. The van der Waals surface area contributed by atoms with Crippen LogP contribution in [-0.2, 0) is 18.0 Å². The third-order valence-electron chi connectivity index (χ3n) is 2.88. The number of hydrogen-bond donors (Lipinski definition) is 0. The van der Waals surface area contributed by atoms with Crippen molar-refractivity contribution >= 4 is 10.8 Å². The zero-order valence-corrected chi connectivity index (χ0v) is 8.62. The van der Waals surface area contributed by atoms with Gasteiger partial charge < -0.3 is 9.47 Å². The highest BCUT2D eigenvalue weighted by atomic mass is 16.5. The Balaban J connectivity index is 2.24. The van der Waals surface area contributed by atoms with E-state index in [0.717, 1.165) is 19.0 Å². The van der Waals surface area contributed by atoms with Crippen LogP contribution in [0.4, 0.5) is 0 Å². The van der Waals surface area contributed by atoms with Gasteiger partial charge in [0, 0.05) is 0 Å². The number of fused-ring (bicyclic) bond motifs is 2. The first-order valence-corrected chi connectivity index (χ1v) is 5.04. The Bertz CT molecular complexity index is 517. The van der Waals surface area contributed by atoms with Crippen LogP contribution >= 0.6 is 0 Å². The molecule has 0 amide bonds. The van der Waals surface area contributed by atoms with Crippen LogP contribution in [0.25, 0.3) is 10.8 Å². The highest BCUT2D eigenvalue weighted by Crippen LogP contribution is 2.28. The van der Waals surface area contributed by atoms with Gasteiger partial charge in [0.15, 0.2) is 0 Å². The molecule has 1 aliphatic heterocycles. The van der Waals surface area contributed by atoms with E-state index in [1.54, 1.807) is 7.11 Å². The van der Waals surface area contributed by atoms with Gasteiger partial charge in [0.2, 0.25) is 0 Å². The van der Waals surface area contributed by atoms with Crippen molar-refractivity contribution < 1.29 is 9.47 Å². The minimum Gasteiger partial charge on any atom is -0.497 e. The summed E-state index contributed by atoms with van der Waals surface area (Å²) >= 11 is 0. The minimum absolute atomic E-state index is 0.739. The summed E-state index contributed by atoms with van der Waals surface area (Å²) in [6, 6.07) is 10.5. The lowest BCUT2D eigenvalue weighted by Crippen LogP contribution is -1.85. The molecule has 0 saturated heterocycles. The fourth-order valence-corrected chi connectivity index (χ4v) is 2.04. The summed E-state index contributed by atoms with van der Waals surface area (Å²) in [4.78, 5) is 0. The predicted molar refractivity (Wildman–Crippen MR) is 59.0 cm³/mol. The second kappa shape index (κ2) is 3.24. The third kappa shape index (κ3) is 1.38. The molecule has 0 unspecified atom stereocenters. The highest BCUT2D eigenvalue weighted by molar-refractivity contribution is 5.85. The molecule has 0 aliphatic carbocycles. The average molecular weight is 200 g/mol. The monoisotopic (exact) mass is 200 g/mol. The van der Waals surface area contributed by atoms with Crippen molar-refractivity contribution in [3.8, 4) is 5.75 Å². The highest BCUT2D eigenvalue weighted by Gasteiger charge is 2.11. The van der Waals surface area contributed by atoms with Gasteiger partial charge in [-0.15, -0.1) is 0 Å². The smallest absolute Gasteiger partial charge is 0.119 e. The molecule has 2 aromatic carbocycles. The molecule has 3 rings (SSSR count). The van der Waals surface area contributed by atoms with Gasteiger partial charge in [0.25, 0.3) is 0 Å². The molecule has 1 heterocycles. The number of benzene rings is 2. The van der Waals surface area contributed by atoms with Gasteiger partial charge in [-0.25, -0.2) is 0 Å².